The molecule has 1 rings (SSSR count). The molecule has 1 fully saturated rings. The Bertz CT molecular complexity index is 442. The molecule has 0 amide bonds. The molecule has 25 heavy (non-hydrogen) atoms. The Balaban J connectivity index is 2.25. The van der Waals surface area contributed by atoms with E-state index in [9.17, 15) is 4.79 Å². The Morgan fingerprint density at radius 3 is 2.56 bits per heavy atom. The van der Waals surface area contributed by atoms with Crippen molar-refractivity contribution in [2.24, 2.45) is 5.92 Å². The number of rotatable bonds is 10. The second kappa shape index (κ2) is 11.5. The van der Waals surface area contributed by atoms with E-state index in [1.54, 1.807) is 13.2 Å². The van der Waals surface area contributed by atoms with Crippen LogP contribution in [0.15, 0.2) is 23.8 Å². The minimum Gasteiger partial charge on any atom is -0.459 e. The van der Waals surface area contributed by atoms with E-state index in [0.29, 0.717) is 5.92 Å². The number of hydrogen-bond donors (Lipinski definition) is 0. The van der Waals surface area contributed by atoms with Crippen molar-refractivity contribution in [2.45, 2.75) is 97.2 Å². The number of ether oxygens (including phenoxy) is 2. The monoisotopic (exact) mass is 350 g/mol. The predicted octanol–water partition coefficient (Wildman–Crippen LogP) is 5.99. The van der Waals surface area contributed by atoms with Crippen LogP contribution < -0.4 is 0 Å². The average molecular weight is 351 g/mol. The topological polar surface area (TPSA) is 35.5 Å². The Hall–Kier alpha value is -1.09. The molecule has 0 bridgehead atoms. The van der Waals surface area contributed by atoms with E-state index >= 15 is 0 Å². The van der Waals surface area contributed by atoms with Gasteiger partial charge in [-0.05, 0) is 70.8 Å². The fourth-order valence-corrected chi connectivity index (χ4v) is 3.20. The highest BCUT2D eigenvalue weighted by molar-refractivity contribution is 5.83. The molecule has 1 atom stereocenters. The largest absolute Gasteiger partial charge is 0.459 e. The number of carbonyl (C=O) groups excluding carboxylic acids is 1. The Morgan fingerprint density at radius 2 is 1.92 bits per heavy atom. The van der Waals surface area contributed by atoms with Crippen molar-refractivity contribution in [2.75, 3.05) is 7.11 Å². The highest BCUT2D eigenvalue weighted by Crippen LogP contribution is 2.21. The molecule has 0 aromatic rings. The molecular formula is C22H38O3. The van der Waals surface area contributed by atoms with Crippen LogP contribution in [0.5, 0.6) is 0 Å². The fraction of sp³-hybridized carbons (Fsp3) is 0.773. The Kier molecular flexibility index (Phi) is 10.1. The van der Waals surface area contributed by atoms with Crippen LogP contribution in [0.25, 0.3) is 0 Å². The second-order valence-electron chi connectivity index (χ2n) is 8.18. The zero-order valence-corrected chi connectivity index (χ0v) is 17.0. The fourth-order valence-electron chi connectivity index (χ4n) is 3.20. The van der Waals surface area contributed by atoms with Gasteiger partial charge >= 0.3 is 5.97 Å². The zero-order chi connectivity index (χ0) is 18.7. The number of hydrogen-bond acceptors (Lipinski definition) is 3. The summed E-state index contributed by atoms with van der Waals surface area (Å²) < 4.78 is 11.0. The van der Waals surface area contributed by atoms with Gasteiger partial charge in [-0.15, -0.1) is 0 Å². The predicted molar refractivity (Wildman–Crippen MR) is 105 cm³/mol. The normalized spacial score (nSPS) is 18.5. The van der Waals surface area contributed by atoms with E-state index in [4.69, 9.17) is 9.47 Å². The molecule has 1 unspecified atom stereocenters. The number of allylic oxidation sites excluding steroid dienone is 3. The molecule has 0 aromatic carbocycles. The van der Waals surface area contributed by atoms with Crippen LogP contribution in [0.4, 0.5) is 0 Å². The Morgan fingerprint density at radius 1 is 1.24 bits per heavy atom. The van der Waals surface area contributed by atoms with Crippen molar-refractivity contribution in [1.29, 1.82) is 0 Å². The molecular weight excluding hydrogens is 312 g/mol. The lowest BCUT2D eigenvalue weighted by Crippen LogP contribution is -2.22. The van der Waals surface area contributed by atoms with Gasteiger partial charge in [-0.2, -0.15) is 0 Å². The van der Waals surface area contributed by atoms with Crippen molar-refractivity contribution >= 4 is 5.97 Å². The minimum absolute atomic E-state index is 0.0203. The minimum atomic E-state index is -0.191. The first kappa shape index (κ1) is 22.0. The van der Waals surface area contributed by atoms with Crippen molar-refractivity contribution in [3.05, 3.63) is 23.8 Å². The zero-order valence-electron chi connectivity index (χ0n) is 17.0. The lowest BCUT2D eigenvalue weighted by Gasteiger charge is -2.23. The third kappa shape index (κ3) is 10.5. The van der Waals surface area contributed by atoms with Gasteiger partial charge in [0.05, 0.1) is 5.60 Å². The van der Waals surface area contributed by atoms with Crippen LogP contribution in [0.2, 0.25) is 0 Å². The molecule has 1 aliphatic carbocycles. The van der Waals surface area contributed by atoms with Crippen LogP contribution in [-0.2, 0) is 14.3 Å². The molecule has 0 aromatic heterocycles. The third-order valence-electron chi connectivity index (χ3n) is 5.13. The summed E-state index contributed by atoms with van der Waals surface area (Å²) in [5.41, 5.74) is 0.946. The maximum Gasteiger partial charge on any atom is 0.331 e. The van der Waals surface area contributed by atoms with E-state index in [1.807, 2.05) is 13.0 Å². The summed E-state index contributed by atoms with van der Waals surface area (Å²) in [4.78, 5) is 11.9. The summed E-state index contributed by atoms with van der Waals surface area (Å²) in [6, 6.07) is 0. The van der Waals surface area contributed by atoms with Gasteiger partial charge in [0.2, 0.25) is 0 Å². The quantitative estimate of drug-likeness (QED) is 0.276. The molecule has 1 saturated carbocycles. The van der Waals surface area contributed by atoms with Crippen molar-refractivity contribution in [3.63, 3.8) is 0 Å². The van der Waals surface area contributed by atoms with Crippen molar-refractivity contribution < 1.29 is 14.3 Å². The second-order valence-corrected chi connectivity index (χ2v) is 8.18. The summed E-state index contributed by atoms with van der Waals surface area (Å²) in [6.07, 6.45) is 16.1. The first-order valence-corrected chi connectivity index (χ1v) is 9.93. The molecule has 3 heteroatoms. The van der Waals surface area contributed by atoms with Crippen LogP contribution in [0, 0.1) is 5.92 Å². The highest BCUT2D eigenvalue weighted by atomic mass is 16.5. The number of carbonyl (C=O) groups is 1. The van der Waals surface area contributed by atoms with Gasteiger partial charge in [0.15, 0.2) is 0 Å². The maximum atomic E-state index is 11.9. The van der Waals surface area contributed by atoms with Gasteiger partial charge < -0.3 is 9.47 Å². The van der Waals surface area contributed by atoms with E-state index in [1.165, 1.54) is 32.1 Å². The van der Waals surface area contributed by atoms with E-state index in [-0.39, 0.29) is 17.7 Å². The Labute approximate surface area is 154 Å². The van der Waals surface area contributed by atoms with E-state index in [2.05, 4.69) is 26.8 Å². The first-order chi connectivity index (χ1) is 11.8. The van der Waals surface area contributed by atoms with Gasteiger partial charge in [-0.25, -0.2) is 4.79 Å². The van der Waals surface area contributed by atoms with Gasteiger partial charge in [0.25, 0.3) is 0 Å². The summed E-state index contributed by atoms with van der Waals surface area (Å²) in [6.45, 7) is 8.52. The summed E-state index contributed by atoms with van der Waals surface area (Å²) in [5, 5.41) is 0. The van der Waals surface area contributed by atoms with Gasteiger partial charge in [0, 0.05) is 13.2 Å². The standard InChI is InChI=1S/C22H38O3/c1-18(13-10-16-22(3,4)24-5)11-9-12-19(2)17-21(23)25-20-14-7-6-8-15-20/h9,12,17-18,20H,6-8,10-11,13-16H2,1-5H3. The van der Waals surface area contributed by atoms with E-state index in [0.717, 1.165) is 31.3 Å². The average Bonchev–Trinajstić information content (AvgIpc) is 2.55. The molecule has 3 nitrogen and oxygen atoms in total. The number of methoxy groups -OCH3 is 1. The molecule has 0 radical (unpaired) electrons. The van der Waals surface area contributed by atoms with Crippen molar-refractivity contribution in [3.8, 4) is 0 Å². The molecule has 0 heterocycles. The summed E-state index contributed by atoms with van der Waals surface area (Å²) in [5.74, 6) is 0.454. The van der Waals surface area contributed by atoms with Crippen LogP contribution in [-0.4, -0.2) is 24.8 Å². The SMILES string of the molecule is COC(C)(C)CCCC(C)CC=CC(C)=CC(=O)OC1CCCCC1. The number of esters is 1. The third-order valence-corrected chi connectivity index (χ3v) is 5.13. The lowest BCUT2D eigenvalue weighted by molar-refractivity contribution is -0.144. The first-order valence-electron chi connectivity index (χ1n) is 9.93. The lowest BCUT2D eigenvalue weighted by atomic mass is 9.95. The summed E-state index contributed by atoms with van der Waals surface area (Å²) in [7, 11) is 1.78. The highest BCUT2D eigenvalue weighted by Gasteiger charge is 2.17. The summed E-state index contributed by atoms with van der Waals surface area (Å²) >= 11 is 0. The maximum absolute atomic E-state index is 11.9. The van der Waals surface area contributed by atoms with Gasteiger partial charge in [-0.1, -0.05) is 38.3 Å². The smallest absolute Gasteiger partial charge is 0.331 e. The van der Waals surface area contributed by atoms with Crippen LogP contribution in [0.3, 0.4) is 0 Å². The molecule has 144 valence electrons. The van der Waals surface area contributed by atoms with Crippen LogP contribution in [0.1, 0.15) is 85.5 Å². The molecule has 1 aliphatic rings. The van der Waals surface area contributed by atoms with Gasteiger partial charge in [0.1, 0.15) is 6.10 Å². The molecule has 0 N–H and O–H groups in total. The van der Waals surface area contributed by atoms with E-state index < -0.39 is 0 Å². The molecule has 0 saturated heterocycles. The van der Waals surface area contributed by atoms with Crippen LogP contribution >= 0.6 is 0 Å². The molecule has 0 aliphatic heterocycles. The molecule has 0 spiro atoms. The van der Waals surface area contributed by atoms with Gasteiger partial charge in [-0.3, -0.25) is 0 Å². The van der Waals surface area contributed by atoms with Crippen molar-refractivity contribution in [1.82, 2.24) is 0 Å².